The van der Waals surface area contributed by atoms with Gasteiger partial charge in [-0.1, -0.05) is 6.07 Å². The van der Waals surface area contributed by atoms with Gasteiger partial charge >= 0.3 is 0 Å². The van der Waals surface area contributed by atoms with Crippen molar-refractivity contribution in [1.29, 1.82) is 0 Å². The van der Waals surface area contributed by atoms with Gasteiger partial charge in [-0.05, 0) is 31.9 Å². The van der Waals surface area contributed by atoms with E-state index in [1.165, 1.54) is 0 Å². The van der Waals surface area contributed by atoms with E-state index in [9.17, 15) is 4.79 Å². The van der Waals surface area contributed by atoms with Crippen LogP contribution in [0.15, 0.2) is 18.2 Å². The monoisotopic (exact) mass is 301 g/mol. The standard InChI is InChI=1S/C16H19N3O3/c1-3-22-14-10(6-4-8-12(14)21-2)15-18-11-7-5-9-17-16(20)13(11)19-15/h4,6,8H,3,5,7,9H2,1-2H3,(H,17,20)(H,18,19). The quantitative estimate of drug-likeness (QED) is 0.907. The van der Waals surface area contributed by atoms with E-state index in [2.05, 4.69) is 15.3 Å². The largest absolute Gasteiger partial charge is 0.493 e. The molecule has 0 fully saturated rings. The van der Waals surface area contributed by atoms with E-state index < -0.39 is 0 Å². The zero-order chi connectivity index (χ0) is 15.5. The molecule has 1 aliphatic rings. The number of ether oxygens (including phenoxy) is 2. The molecule has 1 aromatic carbocycles. The van der Waals surface area contributed by atoms with Crippen LogP contribution in [0.1, 0.15) is 29.5 Å². The topological polar surface area (TPSA) is 76.2 Å². The zero-order valence-electron chi connectivity index (χ0n) is 12.7. The summed E-state index contributed by atoms with van der Waals surface area (Å²) in [5, 5.41) is 2.85. The molecular formula is C16H19N3O3. The molecule has 1 aliphatic heterocycles. The van der Waals surface area contributed by atoms with Gasteiger partial charge in [0.05, 0.1) is 19.3 Å². The highest BCUT2D eigenvalue weighted by Crippen LogP contribution is 2.37. The van der Waals surface area contributed by atoms with Crippen molar-refractivity contribution < 1.29 is 14.3 Å². The number of nitrogens with zero attached hydrogens (tertiary/aromatic N) is 1. The number of amides is 1. The summed E-state index contributed by atoms with van der Waals surface area (Å²) >= 11 is 0. The second-order valence-electron chi connectivity index (χ2n) is 5.04. The lowest BCUT2D eigenvalue weighted by atomic mass is 10.1. The summed E-state index contributed by atoms with van der Waals surface area (Å²) in [6, 6.07) is 5.63. The first-order valence-corrected chi connectivity index (χ1v) is 7.41. The van der Waals surface area contributed by atoms with Crippen molar-refractivity contribution in [3.8, 4) is 22.9 Å². The van der Waals surface area contributed by atoms with Gasteiger partial charge in [-0.15, -0.1) is 0 Å². The predicted octanol–water partition coefficient (Wildman–Crippen LogP) is 2.16. The normalized spacial score (nSPS) is 14.0. The first kappa shape index (κ1) is 14.4. The van der Waals surface area contributed by atoms with E-state index >= 15 is 0 Å². The number of benzene rings is 1. The average molecular weight is 301 g/mol. The fourth-order valence-electron chi connectivity index (χ4n) is 2.61. The van der Waals surface area contributed by atoms with Crippen LogP contribution in [0.25, 0.3) is 11.4 Å². The minimum atomic E-state index is -0.129. The SMILES string of the molecule is CCOc1c(OC)cccc1-c1nc2c([nH]1)CCCNC2=O. The number of fused-ring (bicyclic) bond motifs is 1. The number of aromatic amines is 1. The summed E-state index contributed by atoms with van der Waals surface area (Å²) in [5.41, 5.74) is 2.13. The summed E-state index contributed by atoms with van der Waals surface area (Å²) in [6.07, 6.45) is 1.70. The number of rotatable bonds is 4. The molecular weight excluding hydrogens is 282 g/mol. The number of hydrogen-bond acceptors (Lipinski definition) is 4. The van der Waals surface area contributed by atoms with Crippen molar-refractivity contribution in [2.45, 2.75) is 19.8 Å². The van der Waals surface area contributed by atoms with E-state index in [1.807, 2.05) is 25.1 Å². The Morgan fingerprint density at radius 3 is 3.00 bits per heavy atom. The molecule has 6 nitrogen and oxygen atoms in total. The number of methoxy groups -OCH3 is 1. The van der Waals surface area contributed by atoms with Crippen molar-refractivity contribution in [3.05, 3.63) is 29.6 Å². The first-order valence-electron chi connectivity index (χ1n) is 7.41. The van der Waals surface area contributed by atoms with Gasteiger partial charge in [-0.3, -0.25) is 4.79 Å². The van der Waals surface area contributed by atoms with Crippen LogP contribution < -0.4 is 14.8 Å². The number of hydrogen-bond donors (Lipinski definition) is 2. The van der Waals surface area contributed by atoms with Gasteiger partial charge in [0.15, 0.2) is 11.5 Å². The van der Waals surface area contributed by atoms with E-state index in [0.717, 1.165) is 24.1 Å². The minimum absolute atomic E-state index is 0.129. The lowest BCUT2D eigenvalue weighted by molar-refractivity contribution is 0.0951. The Kier molecular flexibility index (Phi) is 4.00. The maximum atomic E-state index is 12.0. The predicted molar refractivity (Wildman–Crippen MR) is 82.4 cm³/mol. The third kappa shape index (κ3) is 2.52. The van der Waals surface area contributed by atoms with E-state index in [0.29, 0.717) is 36.2 Å². The first-order chi connectivity index (χ1) is 10.7. The summed E-state index contributed by atoms with van der Waals surface area (Å²) in [6.45, 7) is 3.12. The molecule has 0 saturated heterocycles. The molecule has 3 rings (SSSR count). The fourth-order valence-corrected chi connectivity index (χ4v) is 2.61. The molecule has 2 N–H and O–H groups in total. The maximum Gasteiger partial charge on any atom is 0.271 e. The second kappa shape index (κ2) is 6.09. The number of carbonyl (C=O) groups excluding carboxylic acids is 1. The van der Waals surface area contributed by atoms with Crippen LogP contribution in [0.3, 0.4) is 0 Å². The molecule has 2 aromatic rings. The van der Waals surface area contributed by atoms with Gasteiger partial charge in [-0.2, -0.15) is 0 Å². The lowest BCUT2D eigenvalue weighted by Gasteiger charge is -2.12. The van der Waals surface area contributed by atoms with Crippen LogP contribution in [-0.2, 0) is 6.42 Å². The summed E-state index contributed by atoms with van der Waals surface area (Å²) < 4.78 is 11.1. The highest BCUT2D eigenvalue weighted by Gasteiger charge is 2.22. The number of nitrogens with one attached hydrogen (secondary N) is 2. The number of carbonyl (C=O) groups is 1. The van der Waals surface area contributed by atoms with Crippen LogP contribution >= 0.6 is 0 Å². The Morgan fingerprint density at radius 1 is 1.36 bits per heavy atom. The Labute approximate surface area is 128 Å². The lowest BCUT2D eigenvalue weighted by Crippen LogP contribution is -2.23. The van der Waals surface area contributed by atoms with E-state index in [4.69, 9.17) is 9.47 Å². The van der Waals surface area contributed by atoms with Gasteiger partial charge in [-0.25, -0.2) is 4.98 Å². The Balaban J connectivity index is 2.08. The number of imidazole rings is 1. The molecule has 0 atom stereocenters. The number of para-hydroxylation sites is 1. The minimum Gasteiger partial charge on any atom is -0.493 e. The molecule has 2 heterocycles. The zero-order valence-corrected chi connectivity index (χ0v) is 12.7. The molecule has 0 aliphatic carbocycles. The molecule has 116 valence electrons. The van der Waals surface area contributed by atoms with Gasteiger partial charge < -0.3 is 19.8 Å². The average Bonchev–Trinajstić information content (AvgIpc) is 2.88. The van der Waals surface area contributed by atoms with Crippen molar-refractivity contribution in [3.63, 3.8) is 0 Å². The summed E-state index contributed by atoms with van der Waals surface area (Å²) in [4.78, 5) is 19.8. The molecule has 0 unspecified atom stereocenters. The van der Waals surface area contributed by atoms with Gasteiger partial charge in [0.25, 0.3) is 5.91 Å². The smallest absolute Gasteiger partial charge is 0.271 e. The van der Waals surface area contributed by atoms with Crippen LogP contribution in [0, 0.1) is 0 Å². The van der Waals surface area contributed by atoms with E-state index in [1.54, 1.807) is 7.11 Å². The third-order valence-corrected chi connectivity index (χ3v) is 3.63. The Bertz CT molecular complexity index is 694. The van der Waals surface area contributed by atoms with Crippen molar-refractivity contribution in [2.24, 2.45) is 0 Å². The number of aryl methyl sites for hydroxylation is 1. The molecule has 1 amide bonds. The van der Waals surface area contributed by atoms with Crippen molar-refractivity contribution >= 4 is 5.91 Å². The summed E-state index contributed by atoms with van der Waals surface area (Å²) in [5.74, 6) is 1.78. The van der Waals surface area contributed by atoms with Crippen LogP contribution in [0.4, 0.5) is 0 Å². The molecule has 6 heteroatoms. The van der Waals surface area contributed by atoms with Gasteiger partial charge in [0, 0.05) is 12.2 Å². The fraction of sp³-hybridized carbons (Fsp3) is 0.375. The highest BCUT2D eigenvalue weighted by atomic mass is 16.5. The Hall–Kier alpha value is -2.50. The maximum absolute atomic E-state index is 12.0. The highest BCUT2D eigenvalue weighted by molar-refractivity contribution is 5.94. The van der Waals surface area contributed by atoms with Crippen molar-refractivity contribution in [2.75, 3.05) is 20.3 Å². The van der Waals surface area contributed by atoms with Crippen LogP contribution in [-0.4, -0.2) is 36.1 Å². The third-order valence-electron chi connectivity index (χ3n) is 3.63. The van der Waals surface area contributed by atoms with E-state index in [-0.39, 0.29) is 5.91 Å². The molecule has 22 heavy (non-hydrogen) atoms. The van der Waals surface area contributed by atoms with Crippen molar-refractivity contribution in [1.82, 2.24) is 15.3 Å². The van der Waals surface area contributed by atoms with Crippen LogP contribution in [0.5, 0.6) is 11.5 Å². The van der Waals surface area contributed by atoms with Gasteiger partial charge in [0.2, 0.25) is 0 Å². The Morgan fingerprint density at radius 2 is 2.23 bits per heavy atom. The van der Waals surface area contributed by atoms with Crippen LogP contribution in [0.2, 0.25) is 0 Å². The molecule has 0 radical (unpaired) electrons. The molecule has 0 bridgehead atoms. The number of aromatic nitrogens is 2. The van der Waals surface area contributed by atoms with Gasteiger partial charge in [0.1, 0.15) is 11.5 Å². The molecule has 0 spiro atoms. The molecule has 1 aromatic heterocycles. The number of H-pyrrole nitrogens is 1. The second-order valence-corrected chi connectivity index (χ2v) is 5.04. The summed E-state index contributed by atoms with van der Waals surface area (Å²) in [7, 11) is 1.60. The molecule has 0 saturated carbocycles.